The van der Waals surface area contributed by atoms with Crippen molar-refractivity contribution in [3.8, 4) is 0 Å². The van der Waals surface area contributed by atoms with Crippen LogP contribution in [0.5, 0.6) is 0 Å². The van der Waals surface area contributed by atoms with Crippen molar-refractivity contribution in [1.82, 2.24) is 5.32 Å². The van der Waals surface area contributed by atoms with Crippen molar-refractivity contribution in [1.29, 1.82) is 0 Å². The van der Waals surface area contributed by atoms with Gasteiger partial charge in [-0.3, -0.25) is 4.79 Å². The standard InChI is InChI=1S/C14H19NO3/c1-14(9-18-10-14)8-15-13(16)12(17-2)11-6-4-3-5-7-11/h3-7,12H,8-10H2,1-2H3,(H,15,16)/t12-/m0/s1. The van der Waals surface area contributed by atoms with Gasteiger partial charge in [-0.15, -0.1) is 0 Å². The number of methoxy groups -OCH3 is 1. The van der Waals surface area contributed by atoms with E-state index >= 15 is 0 Å². The Hall–Kier alpha value is -1.39. The summed E-state index contributed by atoms with van der Waals surface area (Å²) in [5.74, 6) is -0.100. The second kappa shape index (κ2) is 5.50. The number of carbonyl (C=O) groups excluding carboxylic acids is 1. The van der Waals surface area contributed by atoms with Crippen LogP contribution in [0.1, 0.15) is 18.6 Å². The molecule has 1 aliphatic heterocycles. The molecule has 0 aliphatic carbocycles. The average molecular weight is 249 g/mol. The maximum absolute atomic E-state index is 12.1. The Kier molecular flexibility index (Phi) is 3.99. The van der Waals surface area contributed by atoms with Crippen LogP contribution in [0.15, 0.2) is 30.3 Å². The van der Waals surface area contributed by atoms with Crippen LogP contribution in [0.3, 0.4) is 0 Å². The van der Waals surface area contributed by atoms with Crippen molar-refractivity contribution in [3.05, 3.63) is 35.9 Å². The van der Waals surface area contributed by atoms with Crippen molar-refractivity contribution in [2.75, 3.05) is 26.9 Å². The predicted octanol–water partition coefficient (Wildman–Crippen LogP) is 1.53. The highest BCUT2D eigenvalue weighted by Gasteiger charge is 2.34. The molecule has 1 aromatic carbocycles. The van der Waals surface area contributed by atoms with Gasteiger partial charge in [0.25, 0.3) is 5.91 Å². The van der Waals surface area contributed by atoms with Gasteiger partial charge in [0.15, 0.2) is 6.10 Å². The molecule has 1 aromatic rings. The summed E-state index contributed by atoms with van der Waals surface area (Å²) in [6, 6.07) is 9.50. The van der Waals surface area contributed by atoms with E-state index in [2.05, 4.69) is 12.2 Å². The summed E-state index contributed by atoms with van der Waals surface area (Å²) in [5, 5.41) is 2.93. The van der Waals surface area contributed by atoms with Gasteiger partial charge in [-0.1, -0.05) is 37.3 Å². The second-order valence-electron chi connectivity index (χ2n) is 5.05. The van der Waals surface area contributed by atoms with E-state index in [1.807, 2.05) is 30.3 Å². The monoisotopic (exact) mass is 249 g/mol. The predicted molar refractivity (Wildman–Crippen MR) is 68.1 cm³/mol. The van der Waals surface area contributed by atoms with Crippen molar-refractivity contribution in [2.45, 2.75) is 13.0 Å². The number of nitrogens with one attached hydrogen (secondary N) is 1. The topological polar surface area (TPSA) is 47.6 Å². The molecule has 1 amide bonds. The van der Waals surface area contributed by atoms with Gasteiger partial charge in [-0.25, -0.2) is 0 Å². The van der Waals surface area contributed by atoms with E-state index in [-0.39, 0.29) is 11.3 Å². The molecule has 1 heterocycles. The molecule has 98 valence electrons. The van der Waals surface area contributed by atoms with Gasteiger partial charge in [0.05, 0.1) is 13.2 Å². The minimum atomic E-state index is -0.546. The largest absolute Gasteiger partial charge is 0.380 e. The molecule has 1 N–H and O–H groups in total. The molecule has 1 saturated heterocycles. The molecule has 1 fully saturated rings. The first-order valence-electron chi connectivity index (χ1n) is 6.08. The Morgan fingerprint density at radius 2 is 2.11 bits per heavy atom. The fraction of sp³-hybridized carbons (Fsp3) is 0.500. The first-order valence-corrected chi connectivity index (χ1v) is 6.08. The van der Waals surface area contributed by atoms with Crippen LogP contribution in [-0.4, -0.2) is 32.8 Å². The molecule has 1 aliphatic rings. The third-order valence-electron chi connectivity index (χ3n) is 3.17. The van der Waals surface area contributed by atoms with Crippen molar-refractivity contribution < 1.29 is 14.3 Å². The van der Waals surface area contributed by atoms with E-state index in [0.29, 0.717) is 19.8 Å². The summed E-state index contributed by atoms with van der Waals surface area (Å²) >= 11 is 0. The summed E-state index contributed by atoms with van der Waals surface area (Å²) in [6.45, 7) is 4.13. The van der Waals surface area contributed by atoms with Gasteiger partial charge in [0, 0.05) is 19.1 Å². The number of ether oxygens (including phenoxy) is 2. The minimum absolute atomic E-state index is 0.0740. The zero-order valence-corrected chi connectivity index (χ0v) is 10.8. The molecule has 0 bridgehead atoms. The second-order valence-corrected chi connectivity index (χ2v) is 5.05. The Bertz CT molecular complexity index is 401. The zero-order chi connectivity index (χ0) is 13.0. The van der Waals surface area contributed by atoms with Crippen LogP contribution in [0.4, 0.5) is 0 Å². The fourth-order valence-corrected chi connectivity index (χ4v) is 1.97. The highest BCUT2D eigenvalue weighted by molar-refractivity contribution is 5.82. The van der Waals surface area contributed by atoms with Gasteiger partial charge in [-0.05, 0) is 5.56 Å². The number of hydrogen-bond donors (Lipinski definition) is 1. The molecule has 18 heavy (non-hydrogen) atoms. The number of carbonyl (C=O) groups is 1. The van der Waals surface area contributed by atoms with Crippen molar-refractivity contribution in [3.63, 3.8) is 0 Å². The zero-order valence-electron chi connectivity index (χ0n) is 10.8. The highest BCUT2D eigenvalue weighted by Crippen LogP contribution is 2.25. The molecule has 0 spiro atoms. The molecule has 0 unspecified atom stereocenters. The summed E-state index contributed by atoms with van der Waals surface area (Å²) in [5.41, 5.74) is 0.942. The molecule has 0 aromatic heterocycles. The fourth-order valence-electron chi connectivity index (χ4n) is 1.97. The normalized spacial score (nSPS) is 18.8. The lowest BCUT2D eigenvalue weighted by Gasteiger charge is -2.38. The molecule has 4 heteroatoms. The number of rotatable bonds is 5. The summed E-state index contributed by atoms with van der Waals surface area (Å²) in [6.07, 6.45) is -0.546. The van der Waals surface area contributed by atoms with E-state index in [0.717, 1.165) is 5.56 Å². The van der Waals surface area contributed by atoms with E-state index < -0.39 is 6.10 Å². The lowest BCUT2D eigenvalue weighted by atomic mass is 9.88. The summed E-state index contributed by atoms with van der Waals surface area (Å²) in [4.78, 5) is 12.1. The quantitative estimate of drug-likeness (QED) is 0.860. The third-order valence-corrected chi connectivity index (χ3v) is 3.17. The van der Waals surface area contributed by atoms with Gasteiger partial charge < -0.3 is 14.8 Å². The number of benzene rings is 1. The lowest BCUT2D eigenvalue weighted by Crippen LogP contribution is -2.49. The third kappa shape index (κ3) is 2.89. The van der Waals surface area contributed by atoms with Crippen molar-refractivity contribution >= 4 is 5.91 Å². The average Bonchev–Trinajstić information content (AvgIpc) is 2.36. The van der Waals surface area contributed by atoms with E-state index in [1.165, 1.54) is 0 Å². The van der Waals surface area contributed by atoms with Gasteiger partial charge in [0.1, 0.15) is 0 Å². The first kappa shape index (κ1) is 13.1. The lowest BCUT2D eigenvalue weighted by molar-refractivity contribution is -0.136. The molecule has 2 rings (SSSR count). The van der Waals surface area contributed by atoms with Crippen LogP contribution < -0.4 is 5.32 Å². The SMILES string of the molecule is CO[C@H](C(=O)NCC1(C)COC1)c1ccccc1. The molecular formula is C14H19NO3. The van der Waals surface area contributed by atoms with Gasteiger partial charge >= 0.3 is 0 Å². The Morgan fingerprint density at radius 3 is 2.61 bits per heavy atom. The van der Waals surface area contributed by atoms with Crippen molar-refractivity contribution in [2.24, 2.45) is 5.41 Å². The number of hydrogen-bond acceptors (Lipinski definition) is 3. The molecule has 0 saturated carbocycles. The maximum Gasteiger partial charge on any atom is 0.253 e. The van der Waals surface area contributed by atoms with Crippen LogP contribution in [0.25, 0.3) is 0 Å². The van der Waals surface area contributed by atoms with E-state index in [9.17, 15) is 4.79 Å². The van der Waals surface area contributed by atoms with Gasteiger partial charge in [0.2, 0.25) is 0 Å². The molecule has 0 radical (unpaired) electrons. The van der Waals surface area contributed by atoms with Crippen LogP contribution in [-0.2, 0) is 14.3 Å². The molecular weight excluding hydrogens is 230 g/mol. The number of amides is 1. The summed E-state index contributed by atoms with van der Waals surface area (Å²) in [7, 11) is 1.55. The molecule has 1 atom stereocenters. The van der Waals surface area contributed by atoms with Crippen LogP contribution >= 0.6 is 0 Å². The minimum Gasteiger partial charge on any atom is -0.380 e. The molecule has 4 nitrogen and oxygen atoms in total. The van der Waals surface area contributed by atoms with E-state index in [4.69, 9.17) is 9.47 Å². The Labute approximate surface area is 107 Å². The van der Waals surface area contributed by atoms with Crippen LogP contribution in [0, 0.1) is 5.41 Å². The highest BCUT2D eigenvalue weighted by atomic mass is 16.5. The maximum atomic E-state index is 12.1. The Morgan fingerprint density at radius 1 is 1.44 bits per heavy atom. The summed E-state index contributed by atoms with van der Waals surface area (Å²) < 4.78 is 10.4. The van der Waals surface area contributed by atoms with Crippen LogP contribution in [0.2, 0.25) is 0 Å². The Balaban J connectivity index is 1.94. The van der Waals surface area contributed by atoms with E-state index in [1.54, 1.807) is 7.11 Å². The van der Waals surface area contributed by atoms with Gasteiger partial charge in [-0.2, -0.15) is 0 Å². The smallest absolute Gasteiger partial charge is 0.253 e. The first-order chi connectivity index (χ1) is 8.64.